The molecule has 1 aliphatic rings. The van der Waals surface area contributed by atoms with Crippen molar-refractivity contribution in [1.29, 1.82) is 5.41 Å². The van der Waals surface area contributed by atoms with Gasteiger partial charge >= 0.3 is 5.69 Å². The number of nitrogens with two attached hydrogens (primary N) is 3. The smallest absolute Gasteiger partial charge is 0.354 e. The maximum atomic E-state index is 15.2. The molecule has 1 unspecified atom stereocenters. The van der Waals surface area contributed by atoms with E-state index in [4.69, 9.17) is 34.2 Å². The van der Waals surface area contributed by atoms with Crippen LogP contribution in [0.15, 0.2) is 58.4 Å². The van der Waals surface area contributed by atoms with Crippen molar-refractivity contribution >= 4 is 34.6 Å². The molecule has 0 spiro atoms. The van der Waals surface area contributed by atoms with E-state index < -0.39 is 11.5 Å². The van der Waals surface area contributed by atoms with E-state index in [-0.39, 0.29) is 28.9 Å². The van der Waals surface area contributed by atoms with Gasteiger partial charge in [0.25, 0.3) is 0 Å². The molecule has 1 aliphatic heterocycles. The molecule has 0 aliphatic carbocycles. The average Bonchev–Trinajstić information content (AvgIpc) is 3.58. The lowest BCUT2D eigenvalue weighted by atomic mass is 9.97. The molecule has 2 aromatic heterocycles. The fourth-order valence-corrected chi connectivity index (χ4v) is 6.21. The third-order valence-electron chi connectivity index (χ3n) is 8.22. The van der Waals surface area contributed by atoms with E-state index in [2.05, 4.69) is 28.8 Å². The molecule has 3 heterocycles. The van der Waals surface area contributed by atoms with Crippen LogP contribution >= 0.6 is 11.6 Å². The van der Waals surface area contributed by atoms with Gasteiger partial charge in [0.05, 0.1) is 22.4 Å². The number of halogens is 2. The van der Waals surface area contributed by atoms with E-state index in [1.807, 2.05) is 35.2 Å². The number of rotatable bonds is 10. The Balaban J connectivity index is 1.39. The first-order valence-corrected chi connectivity index (χ1v) is 15.2. The Labute approximate surface area is 260 Å². The number of aromatic amines is 1. The summed E-state index contributed by atoms with van der Waals surface area (Å²) in [5, 5.41) is 8.81. The van der Waals surface area contributed by atoms with Crippen molar-refractivity contribution in [3.8, 4) is 16.9 Å². The second kappa shape index (κ2) is 13.1. The molecule has 1 fully saturated rings. The van der Waals surface area contributed by atoms with Crippen molar-refractivity contribution in [2.45, 2.75) is 52.0 Å². The molecule has 232 valence electrons. The predicted octanol–water partition coefficient (Wildman–Crippen LogP) is 5.07. The van der Waals surface area contributed by atoms with Gasteiger partial charge in [0.1, 0.15) is 5.65 Å². The standard InChI is InChI=1S/C32H39ClFN9O/c1-18(2)4-3-5-19-12-24(28(34)25(33)13-19)26-15-22-17-42(32(44)41-29(22)40-26)23-8-6-21(7-9-23)27-14-20(10-11-39-30(35)36)16-43(27)31(37)38/h6-9,12-13,15,17-18,20,27H,3-5,10-11,14,16H2,1-2H3,(H3,37,38)(H4,35,36,39)(H,40,41,44)/t20?,27-/m0/s1. The average molecular weight is 620 g/mol. The molecule has 5 rings (SSSR count). The summed E-state index contributed by atoms with van der Waals surface area (Å²) in [4.78, 5) is 26.4. The van der Waals surface area contributed by atoms with E-state index in [0.29, 0.717) is 47.0 Å². The number of fused-ring (bicyclic) bond motifs is 1. The van der Waals surface area contributed by atoms with Gasteiger partial charge in [-0.1, -0.05) is 44.0 Å². The van der Waals surface area contributed by atoms with Gasteiger partial charge < -0.3 is 27.1 Å². The van der Waals surface area contributed by atoms with Crippen molar-refractivity contribution in [2.75, 3.05) is 13.1 Å². The Kier molecular flexibility index (Phi) is 9.24. The molecular formula is C32H39ClFN9O. The number of aromatic nitrogens is 3. The lowest BCUT2D eigenvalue weighted by Crippen LogP contribution is -2.36. The predicted molar refractivity (Wildman–Crippen MR) is 175 cm³/mol. The number of aryl methyl sites for hydroxylation is 1. The quantitative estimate of drug-likeness (QED) is 0.123. The Morgan fingerprint density at radius 3 is 2.64 bits per heavy atom. The van der Waals surface area contributed by atoms with Gasteiger partial charge in [-0.25, -0.2) is 9.18 Å². The fraction of sp³-hybridized carbons (Fsp3) is 0.375. The van der Waals surface area contributed by atoms with Crippen LogP contribution in [0.3, 0.4) is 0 Å². The summed E-state index contributed by atoms with van der Waals surface area (Å²) in [6.07, 6.45) is 6.15. The number of H-pyrrole nitrogens is 1. The van der Waals surface area contributed by atoms with Gasteiger partial charge in [-0.3, -0.25) is 15.0 Å². The summed E-state index contributed by atoms with van der Waals surface area (Å²) in [5.74, 6) is 0.435. The monoisotopic (exact) mass is 619 g/mol. The third kappa shape index (κ3) is 6.88. The molecule has 44 heavy (non-hydrogen) atoms. The van der Waals surface area contributed by atoms with Crippen LogP contribution in [0.2, 0.25) is 5.02 Å². The van der Waals surface area contributed by atoms with Crippen LogP contribution in [0, 0.1) is 23.1 Å². The lowest BCUT2D eigenvalue weighted by molar-refractivity contribution is 0.389. The van der Waals surface area contributed by atoms with Crippen molar-refractivity contribution in [2.24, 2.45) is 34.0 Å². The lowest BCUT2D eigenvalue weighted by Gasteiger charge is -2.25. The highest BCUT2D eigenvalue weighted by Crippen LogP contribution is 2.37. The largest absolute Gasteiger partial charge is 0.370 e. The van der Waals surface area contributed by atoms with E-state index in [9.17, 15) is 4.79 Å². The van der Waals surface area contributed by atoms with Gasteiger partial charge in [-0.15, -0.1) is 0 Å². The number of hydrogen-bond acceptors (Lipinski definition) is 4. The molecule has 0 amide bonds. The van der Waals surface area contributed by atoms with Crippen molar-refractivity contribution in [3.63, 3.8) is 0 Å². The highest BCUT2D eigenvalue weighted by Gasteiger charge is 2.33. The summed E-state index contributed by atoms with van der Waals surface area (Å²) >= 11 is 6.27. The molecule has 1 saturated heterocycles. The van der Waals surface area contributed by atoms with Crippen LogP contribution in [0.25, 0.3) is 28.0 Å². The van der Waals surface area contributed by atoms with Gasteiger partial charge in [0, 0.05) is 30.2 Å². The maximum absolute atomic E-state index is 15.2. The fourth-order valence-electron chi connectivity index (χ4n) is 5.97. The number of aliphatic imine (C=N–C) groups is 1. The molecule has 2 atom stereocenters. The zero-order valence-corrected chi connectivity index (χ0v) is 25.7. The molecule has 10 nitrogen and oxygen atoms in total. The van der Waals surface area contributed by atoms with E-state index >= 15 is 4.39 Å². The van der Waals surface area contributed by atoms with Crippen LogP contribution < -0.4 is 22.9 Å². The molecular weight excluding hydrogens is 581 g/mol. The van der Waals surface area contributed by atoms with Crippen LogP contribution in [0.5, 0.6) is 0 Å². The van der Waals surface area contributed by atoms with Gasteiger partial charge in [-0.05, 0) is 79.0 Å². The SMILES string of the molecule is CC(C)CCCc1cc(Cl)c(F)c(-c2cc3cn(-c4ccc([C@@H]5CC(CCN=C(N)N)CN5C(=N)N)cc4)c(=O)nc3[nH]2)c1. The van der Waals surface area contributed by atoms with Crippen LogP contribution in [0.1, 0.15) is 56.7 Å². The zero-order chi connectivity index (χ0) is 31.5. The van der Waals surface area contributed by atoms with E-state index in [1.54, 1.807) is 18.3 Å². The van der Waals surface area contributed by atoms with Crippen molar-refractivity contribution < 1.29 is 4.39 Å². The number of benzene rings is 2. The maximum Gasteiger partial charge on any atom is 0.354 e. The first-order chi connectivity index (χ1) is 21.0. The first-order valence-electron chi connectivity index (χ1n) is 14.9. The minimum atomic E-state index is -0.512. The molecule has 0 saturated carbocycles. The molecule has 2 aromatic carbocycles. The Morgan fingerprint density at radius 1 is 1.20 bits per heavy atom. The molecule has 8 N–H and O–H groups in total. The second-order valence-electron chi connectivity index (χ2n) is 11.9. The Bertz CT molecular complexity index is 1740. The minimum absolute atomic E-state index is 0.0105. The topological polar surface area (TPSA) is 168 Å². The number of guanidine groups is 2. The van der Waals surface area contributed by atoms with Crippen LogP contribution in [-0.2, 0) is 6.42 Å². The molecule has 12 heteroatoms. The first kappa shape index (κ1) is 31.1. The highest BCUT2D eigenvalue weighted by molar-refractivity contribution is 6.31. The van der Waals surface area contributed by atoms with Gasteiger partial charge in [0.2, 0.25) is 0 Å². The number of likely N-dealkylation sites (tertiary alicyclic amines) is 1. The molecule has 0 bridgehead atoms. The summed E-state index contributed by atoms with van der Waals surface area (Å²) in [6, 6.07) is 12.8. The second-order valence-corrected chi connectivity index (χ2v) is 12.4. The molecule has 4 aromatic rings. The number of nitrogens with one attached hydrogen (secondary N) is 2. The highest BCUT2D eigenvalue weighted by atomic mass is 35.5. The van der Waals surface area contributed by atoms with Crippen LogP contribution in [-0.4, -0.2) is 44.4 Å². The zero-order valence-electron chi connectivity index (χ0n) is 25.0. The third-order valence-corrected chi connectivity index (χ3v) is 8.49. The van der Waals surface area contributed by atoms with Crippen molar-refractivity contribution in [1.82, 2.24) is 19.4 Å². The van der Waals surface area contributed by atoms with Gasteiger partial charge in [0.15, 0.2) is 17.7 Å². The Hall–Kier alpha value is -4.38. The Morgan fingerprint density at radius 2 is 1.95 bits per heavy atom. The summed E-state index contributed by atoms with van der Waals surface area (Å²) in [6.45, 7) is 5.52. The summed E-state index contributed by atoms with van der Waals surface area (Å²) in [5.41, 5.74) is 20.2. The number of nitrogens with zero attached hydrogens (tertiary/aromatic N) is 4. The van der Waals surface area contributed by atoms with E-state index in [1.165, 1.54) is 4.57 Å². The molecule has 0 radical (unpaired) electrons. The number of hydrogen-bond donors (Lipinski definition) is 5. The van der Waals surface area contributed by atoms with E-state index in [0.717, 1.165) is 43.2 Å². The normalized spacial score (nSPS) is 16.6. The minimum Gasteiger partial charge on any atom is -0.370 e. The summed E-state index contributed by atoms with van der Waals surface area (Å²) < 4.78 is 16.6. The summed E-state index contributed by atoms with van der Waals surface area (Å²) in [7, 11) is 0. The van der Waals surface area contributed by atoms with Crippen molar-refractivity contribution in [3.05, 3.63) is 81.1 Å². The van der Waals surface area contributed by atoms with Gasteiger partial charge in [-0.2, -0.15) is 4.98 Å². The van der Waals surface area contributed by atoms with Crippen LogP contribution in [0.4, 0.5) is 4.39 Å².